The molecule has 0 aliphatic rings. The van der Waals surface area contributed by atoms with Crippen LogP contribution in [0.5, 0.6) is 0 Å². The maximum Gasteiger partial charge on any atom is 0.362 e. The van der Waals surface area contributed by atoms with E-state index in [1.54, 1.807) is 0 Å². The number of hydrogen-bond acceptors (Lipinski definition) is 6. The SMILES string of the molecule is CC/C=C/C/C=C/C/C=C/C/C=C/C/C=C/C/C=C/CCCCC(=O)OC(COCCC(C(=O)O)[N+](C)(C)C)COC(=O)CCCCC/C=C/C=C/CCCCCCCCC. The minimum absolute atomic E-state index is 0.0286. The highest BCUT2D eigenvalue weighted by atomic mass is 16.6. The predicted molar refractivity (Wildman–Crippen MR) is 256 cm³/mol. The second-order valence-electron chi connectivity index (χ2n) is 16.7. The molecule has 0 heterocycles. The number of ether oxygens (including phenoxy) is 3. The Hall–Kier alpha value is -3.75. The maximum atomic E-state index is 12.7. The highest BCUT2D eigenvalue weighted by molar-refractivity contribution is 5.72. The number of quaternary nitrogens is 1. The Kier molecular flexibility index (Phi) is 40.3. The number of esters is 2. The van der Waals surface area contributed by atoms with Crippen molar-refractivity contribution in [1.29, 1.82) is 0 Å². The van der Waals surface area contributed by atoms with E-state index in [9.17, 15) is 19.5 Å². The molecule has 0 amide bonds. The van der Waals surface area contributed by atoms with E-state index < -0.39 is 18.1 Å². The zero-order valence-corrected chi connectivity index (χ0v) is 39.3. The van der Waals surface area contributed by atoms with E-state index in [1.807, 2.05) is 21.1 Å². The van der Waals surface area contributed by atoms with Crippen molar-refractivity contribution in [3.05, 3.63) is 97.2 Å². The fourth-order valence-corrected chi connectivity index (χ4v) is 6.32. The largest absolute Gasteiger partial charge is 0.477 e. The van der Waals surface area contributed by atoms with Crippen LogP contribution in [0.2, 0.25) is 0 Å². The zero-order valence-electron chi connectivity index (χ0n) is 39.3. The second kappa shape index (κ2) is 42.9. The first-order chi connectivity index (χ1) is 29.6. The molecule has 1 N–H and O–H groups in total. The summed E-state index contributed by atoms with van der Waals surface area (Å²) in [5.74, 6) is -1.57. The molecule has 0 bridgehead atoms. The van der Waals surface area contributed by atoms with Gasteiger partial charge in [-0.1, -0.05) is 156 Å². The van der Waals surface area contributed by atoms with E-state index in [2.05, 4.69) is 111 Å². The number of carbonyl (C=O) groups is 3. The molecule has 0 aromatic rings. The summed E-state index contributed by atoms with van der Waals surface area (Å²) in [6.45, 7) is 4.53. The van der Waals surface area contributed by atoms with Gasteiger partial charge in [0.2, 0.25) is 0 Å². The summed E-state index contributed by atoms with van der Waals surface area (Å²) in [7, 11) is 5.50. The summed E-state index contributed by atoms with van der Waals surface area (Å²) in [4.78, 5) is 37.0. The van der Waals surface area contributed by atoms with Gasteiger partial charge in [-0.05, 0) is 89.9 Å². The van der Waals surface area contributed by atoms with Gasteiger partial charge in [-0.2, -0.15) is 0 Å². The molecule has 8 nitrogen and oxygen atoms in total. The van der Waals surface area contributed by atoms with Gasteiger partial charge in [0.1, 0.15) is 6.61 Å². The van der Waals surface area contributed by atoms with Crippen LogP contribution in [0.3, 0.4) is 0 Å². The lowest BCUT2D eigenvalue weighted by Crippen LogP contribution is -2.50. The van der Waals surface area contributed by atoms with Crippen molar-refractivity contribution in [2.24, 2.45) is 0 Å². The molecular formula is C53H88NO7+. The lowest BCUT2D eigenvalue weighted by molar-refractivity contribution is -0.887. The van der Waals surface area contributed by atoms with Crippen LogP contribution in [-0.2, 0) is 28.6 Å². The van der Waals surface area contributed by atoms with Gasteiger partial charge >= 0.3 is 17.9 Å². The average molecular weight is 851 g/mol. The Labute approximate surface area is 373 Å². The third kappa shape index (κ3) is 41.4. The van der Waals surface area contributed by atoms with Gasteiger partial charge < -0.3 is 23.8 Å². The Balaban J connectivity index is 4.46. The van der Waals surface area contributed by atoms with Crippen LogP contribution < -0.4 is 0 Å². The number of unbranched alkanes of at least 4 members (excludes halogenated alkanes) is 12. The fourth-order valence-electron chi connectivity index (χ4n) is 6.32. The molecule has 0 aliphatic carbocycles. The van der Waals surface area contributed by atoms with Crippen LogP contribution in [0.4, 0.5) is 0 Å². The smallest absolute Gasteiger partial charge is 0.362 e. The molecule has 8 heteroatoms. The Morgan fingerprint density at radius 1 is 0.525 bits per heavy atom. The monoisotopic (exact) mass is 851 g/mol. The van der Waals surface area contributed by atoms with E-state index in [-0.39, 0.29) is 42.7 Å². The molecule has 2 atom stereocenters. The van der Waals surface area contributed by atoms with Crippen molar-refractivity contribution in [1.82, 2.24) is 0 Å². The molecule has 0 aliphatic heterocycles. The van der Waals surface area contributed by atoms with Gasteiger partial charge in [0.05, 0.1) is 34.4 Å². The van der Waals surface area contributed by atoms with Crippen molar-refractivity contribution < 1.29 is 38.2 Å². The molecule has 0 saturated carbocycles. The van der Waals surface area contributed by atoms with Crippen molar-refractivity contribution in [2.45, 2.75) is 180 Å². The second-order valence-corrected chi connectivity index (χ2v) is 16.7. The summed E-state index contributed by atoms with van der Waals surface area (Å²) >= 11 is 0. The van der Waals surface area contributed by atoms with Gasteiger partial charge in [0.15, 0.2) is 12.1 Å². The van der Waals surface area contributed by atoms with Gasteiger partial charge in [-0.15, -0.1) is 0 Å². The van der Waals surface area contributed by atoms with E-state index in [0.29, 0.717) is 19.3 Å². The Morgan fingerprint density at radius 3 is 1.49 bits per heavy atom. The summed E-state index contributed by atoms with van der Waals surface area (Å²) in [6, 6.07) is -0.633. The van der Waals surface area contributed by atoms with Gasteiger partial charge in [-0.25, -0.2) is 4.79 Å². The van der Waals surface area contributed by atoms with E-state index >= 15 is 0 Å². The highest BCUT2D eigenvalue weighted by Crippen LogP contribution is 2.12. The molecule has 0 aromatic carbocycles. The number of likely N-dealkylation sites (N-methyl/N-ethyl adjacent to an activating group) is 1. The highest BCUT2D eigenvalue weighted by Gasteiger charge is 2.31. The predicted octanol–water partition coefficient (Wildman–Crippen LogP) is 13.5. The van der Waals surface area contributed by atoms with Crippen molar-refractivity contribution in [3.63, 3.8) is 0 Å². The lowest BCUT2D eigenvalue weighted by atomic mass is 10.1. The number of rotatable bonds is 41. The van der Waals surface area contributed by atoms with Crippen LogP contribution in [0.15, 0.2) is 97.2 Å². The molecule has 0 aromatic heterocycles. The zero-order chi connectivity index (χ0) is 44.9. The first kappa shape index (κ1) is 57.2. The van der Waals surface area contributed by atoms with Crippen LogP contribution in [0, 0.1) is 0 Å². The molecule has 61 heavy (non-hydrogen) atoms. The third-order valence-corrected chi connectivity index (χ3v) is 10.00. The van der Waals surface area contributed by atoms with E-state index in [0.717, 1.165) is 83.5 Å². The number of allylic oxidation sites excluding steroid dienone is 16. The lowest BCUT2D eigenvalue weighted by Gasteiger charge is -2.31. The molecule has 0 fully saturated rings. The number of carboxylic acid groups (broad SMARTS) is 1. The van der Waals surface area contributed by atoms with Crippen LogP contribution >= 0.6 is 0 Å². The normalized spacial score (nSPS) is 13.8. The molecule has 0 rings (SSSR count). The van der Waals surface area contributed by atoms with Crippen molar-refractivity contribution >= 4 is 17.9 Å². The Bertz CT molecular complexity index is 1310. The number of carboxylic acids is 1. The van der Waals surface area contributed by atoms with Gasteiger partial charge in [0.25, 0.3) is 0 Å². The molecule has 0 saturated heterocycles. The van der Waals surface area contributed by atoms with Crippen molar-refractivity contribution in [3.8, 4) is 0 Å². The van der Waals surface area contributed by atoms with Gasteiger partial charge in [-0.3, -0.25) is 9.59 Å². The topological polar surface area (TPSA) is 99.1 Å². The minimum atomic E-state index is -0.890. The molecule has 0 spiro atoms. The van der Waals surface area contributed by atoms with Gasteiger partial charge in [0, 0.05) is 19.3 Å². The number of aliphatic carboxylic acids is 1. The van der Waals surface area contributed by atoms with Crippen LogP contribution in [0.25, 0.3) is 0 Å². The summed E-state index contributed by atoms with van der Waals surface area (Å²) in [6.07, 6.45) is 57.4. The summed E-state index contributed by atoms with van der Waals surface area (Å²) in [5, 5.41) is 9.63. The van der Waals surface area contributed by atoms with E-state index in [1.165, 1.54) is 44.9 Å². The third-order valence-electron chi connectivity index (χ3n) is 10.00. The summed E-state index contributed by atoms with van der Waals surface area (Å²) in [5.41, 5.74) is 0. The Morgan fingerprint density at radius 2 is 0.967 bits per heavy atom. The first-order valence-electron chi connectivity index (χ1n) is 23.8. The minimum Gasteiger partial charge on any atom is -0.477 e. The quantitative estimate of drug-likeness (QED) is 0.0215. The summed E-state index contributed by atoms with van der Waals surface area (Å²) < 4.78 is 17.2. The van der Waals surface area contributed by atoms with Crippen LogP contribution in [0.1, 0.15) is 168 Å². The number of nitrogens with zero attached hydrogens (tertiary/aromatic N) is 1. The molecular weight excluding hydrogens is 763 g/mol. The van der Waals surface area contributed by atoms with Crippen molar-refractivity contribution in [2.75, 3.05) is 41.0 Å². The maximum absolute atomic E-state index is 12.7. The first-order valence-corrected chi connectivity index (χ1v) is 23.8. The number of carbonyl (C=O) groups excluding carboxylic acids is 2. The molecule has 2 unspecified atom stereocenters. The van der Waals surface area contributed by atoms with E-state index in [4.69, 9.17) is 14.2 Å². The average Bonchev–Trinajstić information content (AvgIpc) is 3.22. The van der Waals surface area contributed by atoms with Crippen LogP contribution in [-0.4, -0.2) is 80.6 Å². The number of hydrogen-bond donors (Lipinski definition) is 1. The molecule has 0 radical (unpaired) electrons. The standard InChI is InChI=1S/C53H87NO7/c1-6-8-10-12-14-16-18-20-22-24-25-26-27-28-30-32-34-36-38-40-42-44-52(56)61-49(47-59-46-45-50(53(57)58)54(3,4)5)48-60-51(55)43-41-39-37-35-33-31-29-23-21-19-17-15-13-11-9-7-2/h8,10,14,16,20,22-23,25-26,28-31,33-34,36,49-50H,6-7,9,11-13,15,17-19,21,24,27,32,35,37-48H2,1-5H3/p+1/b10-8+,16-14+,22-20+,26-25+,29-23+,30-28+,33-31+,36-34+. The molecule has 346 valence electrons. The fraction of sp³-hybridized carbons (Fsp3) is 0.642.